The molecule has 3 rings (SSSR count). The molecule has 0 aliphatic rings. The first-order valence-electron chi connectivity index (χ1n) is 9.28. The van der Waals surface area contributed by atoms with E-state index in [1.807, 2.05) is 42.5 Å². The van der Waals surface area contributed by atoms with E-state index in [1.165, 1.54) is 16.9 Å². The first-order chi connectivity index (χ1) is 14.0. The molecule has 150 valence electrons. The van der Waals surface area contributed by atoms with E-state index in [1.54, 1.807) is 11.4 Å². The summed E-state index contributed by atoms with van der Waals surface area (Å²) >= 11 is 7.30. The quantitative estimate of drug-likeness (QED) is 0.535. The predicted octanol–water partition coefficient (Wildman–Crippen LogP) is 4.54. The lowest BCUT2D eigenvalue weighted by atomic mass is 10.1. The van der Waals surface area contributed by atoms with Gasteiger partial charge in [0.05, 0.1) is 0 Å². The van der Waals surface area contributed by atoms with E-state index < -0.39 is 5.97 Å². The third-order valence-electron chi connectivity index (χ3n) is 4.28. The maximum Gasteiger partial charge on any atom is 0.358 e. The maximum absolute atomic E-state index is 12.2. The zero-order valence-corrected chi connectivity index (χ0v) is 17.6. The van der Waals surface area contributed by atoms with Crippen LogP contribution in [-0.2, 0) is 22.4 Å². The third-order valence-corrected chi connectivity index (χ3v) is 5.41. The van der Waals surface area contributed by atoms with Crippen molar-refractivity contribution in [1.29, 1.82) is 0 Å². The molecular weight excluding hydrogens is 408 g/mol. The van der Waals surface area contributed by atoms with Crippen molar-refractivity contribution in [3.63, 3.8) is 0 Å². The summed E-state index contributed by atoms with van der Waals surface area (Å²) in [6, 6.07) is 15.5. The fraction of sp³-hybridized carbons (Fsp3) is 0.227. The molecule has 1 heterocycles. The summed E-state index contributed by atoms with van der Waals surface area (Å²) in [4.78, 5) is 28.4. The second-order valence-electron chi connectivity index (χ2n) is 6.39. The molecule has 5 nitrogen and oxygen atoms in total. The maximum atomic E-state index is 12.2. The number of hydrogen-bond donors (Lipinski definition) is 1. The minimum absolute atomic E-state index is 0.205. The molecule has 0 fully saturated rings. The lowest BCUT2D eigenvalue weighted by Crippen LogP contribution is -2.30. The molecule has 0 atom stereocenters. The highest BCUT2D eigenvalue weighted by Crippen LogP contribution is 2.24. The molecule has 0 radical (unpaired) electrons. The molecule has 0 bridgehead atoms. The number of aryl methyl sites for hydroxylation is 1. The summed E-state index contributed by atoms with van der Waals surface area (Å²) < 4.78 is 5.07. The number of nitrogens with one attached hydrogen (secondary N) is 1. The molecule has 1 N–H and O–H groups in total. The van der Waals surface area contributed by atoms with Crippen LogP contribution in [0.3, 0.4) is 0 Å². The topological polar surface area (TPSA) is 68.3 Å². The van der Waals surface area contributed by atoms with Gasteiger partial charge in [0.1, 0.15) is 5.01 Å². The Labute approximate surface area is 178 Å². The van der Waals surface area contributed by atoms with Crippen molar-refractivity contribution in [3.05, 3.63) is 75.8 Å². The van der Waals surface area contributed by atoms with Crippen molar-refractivity contribution in [2.24, 2.45) is 0 Å². The van der Waals surface area contributed by atoms with Gasteiger partial charge >= 0.3 is 5.97 Å². The van der Waals surface area contributed by atoms with Gasteiger partial charge in [0, 0.05) is 22.5 Å². The van der Waals surface area contributed by atoms with Gasteiger partial charge in [-0.05, 0) is 36.1 Å². The number of hydrogen-bond acceptors (Lipinski definition) is 5. The summed E-state index contributed by atoms with van der Waals surface area (Å²) in [6.45, 7) is 2.19. The Hall–Kier alpha value is -2.70. The van der Waals surface area contributed by atoms with Crippen LogP contribution in [0.4, 0.5) is 0 Å². The number of benzene rings is 2. The SMILES string of the molecule is CCc1ccc(-c2nc(C(=O)OCC(=O)NCCc3cccc(Cl)c3)cs2)cc1. The van der Waals surface area contributed by atoms with Crippen LogP contribution in [0, 0.1) is 0 Å². The largest absolute Gasteiger partial charge is 0.451 e. The lowest BCUT2D eigenvalue weighted by molar-refractivity contribution is -0.124. The van der Waals surface area contributed by atoms with Crippen LogP contribution in [-0.4, -0.2) is 30.0 Å². The summed E-state index contributed by atoms with van der Waals surface area (Å²) in [5.74, 6) is -0.964. The highest BCUT2D eigenvalue weighted by atomic mass is 35.5. The average Bonchev–Trinajstić information content (AvgIpc) is 3.22. The first-order valence-corrected chi connectivity index (χ1v) is 10.5. The summed E-state index contributed by atoms with van der Waals surface area (Å²) in [7, 11) is 0. The van der Waals surface area contributed by atoms with Crippen molar-refractivity contribution < 1.29 is 14.3 Å². The monoisotopic (exact) mass is 428 g/mol. The predicted molar refractivity (Wildman–Crippen MR) is 115 cm³/mol. The van der Waals surface area contributed by atoms with Gasteiger partial charge in [-0.15, -0.1) is 11.3 Å². The van der Waals surface area contributed by atoms with Gasteiger partial charge in [-0.2, -0.15) is 0 Å². The highest BCUT2D eigenvalue weighted by molar-refractivity contribution is 7.13. The molecule has 0 aliphatic heterocycles. The number of aromatic nitrogens is 1. The normalized spacial score (nSPS) is 10.6. The van der Waals surface area contributed by atoms with Crippen LogP contribution in [0.15, 0.2) is 53.9 Å². The first kappa shape index (κ1) is 21.0. The average molecular weight is 429 g/mol. The number of amides is 1. The Balaban J connectivity index is 1.45. The van der Waals surface area contributed by atoms with Crippen LogP contribution in [0.2, 0.25) is 5.02 Å². The van der Waals surface area contributed by atoms with Crippen LogP contribution in [0.25, 0.3) is 10.6 Å². The molecule has 0 spiro atoms. The van der Waals surface area contributed by atoms with Gasteiger partial charge in [0.25, 0.3) is 5.91 Å². The molecule has 2 aromatic carbocycles. The number of nitrogens with zero attached hydrogens (tertiary/aromatic N) is 1. The van der Waals surface area contributed by atoms with Crippen molar-refractivity contribution in [1.82, 2.24) is 10.3 Å². The van der Waals surface area contributed by atoms with Crippen LogP contribution >= 0.6 is 22.9 Å². The van der Waals surface area contributed by atoms with Gasteiger partial charge in [-0.25, -0.2) is 9.78 Å². The number of esters is 1. The van der Waals surface area contributed by atoms with Crippen LogP contribution in [0.5, 0.6) is 0 Å². The summed E-state index contributed by atoms with van der Waals surface area (Å²) in [5.41, 5.74) is 3.42. The molecule has 1 amide bonds. The Bertz CT molecular complexity index is 986. The van der Waals surface area contributed by atoms with Gasteiger partial charge in [-0.1, -0.05) is 54.9 Å². The molecule has 1 aromatic heterocycles. The molecule has 0 saturated carbocycles. The molecular formula is C22H21ClN2O3S. The van der Waals surface area contributed by atoms with Gasteiger partial charge < -0.3 is 10.1 Å². The smallest absolute Gasteiger partial charge is 0.358 e. The molecule has 0 unspecified atom stereocenters. The van der Waals surface area contributed by atoms with Gasteiger partial charge in [-0.3, -0.25) is 4.79 Å². The minimum Gasteiger partial charge on any atom is -0.451 e. The van der Waals surface area contributed by atoms with E-state index in [-0.39, 0.29) is 18.2 Å². The Kier molecular flexibility index (Phi) is 7.38. The lowest BCUT2D eigenvalue weighted by Gasteiger charge is -2.06. The molecule has 0 aliphatic carbocycles. The van der Waals surface area contributed by atoms with E-state index in [0.29, 0.717) is 18.0 Å². The van der Waals surface area contributed by atoms with E-state index >= 15 is 0 Å². The minimum atomic E-state index is -0.609. The van der Waals surface area contributed by atoms with Crippen molar-refractivity contribution in [2.45, 2.75) is 19.8 Å². The van der Waals surface area contributed by atoms with Crippen molar-refractivity contribution in [2.75, 3.05) is 13.2 Å². The number of ether oxygens (including phenoxy) is 1. The van der Waals surface area contributed by atoms with Crippen LogP contribution in [0.1, 0.15) is 28.5 Å². The zero-order valence-electron chi connectivity index (χ0n) is 16.0. The molecule has 29 heavy (non-hydrogen) atoms. The Morgan fingerprint density at radius 2 is 1.93 bits per heavy atom. The molecule has 7 heteroatoms. The van der Waals surface area contributed by atoms with E-state index in [4.69, 9.17) is 16.3 Å². The summed E-state index contributed by atoms with van der Waals surface area (Å²) in [6.07, 6.45) is 1.61. The number of rotatable bonds is 8. The second kappa shape index (κ2) is 10.2. The Morgan fingerprint density at radius 3 is 2.66 bits per heavy atom. The third kappa shape index (κ3) is 6.14. The summed E-state index contributed by atoms with van der Waals surface area (Å²) in [5, 5.41) is 5.76. The van der Waals surface area contributed by atoms with Crippen molar-refractivity contribution >= 4 is 34.8 Å². The fourth-order valence-corrected chi connectivity index (χ4v) is 3.69. The molecule has 3 aromatic rings. The fourth-order valence-electron chi connectivity index (χ4n) is 2.68. The number of carbonyl (C=O) groups is 2. The highest BCUT2D eigenvalue weighted by Gasteiger charge is 2.15. The van der Waals surface area contributed by atoms with E-state index in [9.17, 15) is 9.59 Å². The Morgan fingerprint density at radius 1 is 1.14 bits per heavy atom. The van der Waals surface area contributed by atoms with Crippen LogP contribution < -0.4 is 5.32 Å². The second-order valence-corrected chi connectivity index (χ2v) is 7.69. The van der Waals surface area contributed by atoms with E-state index in [2.05, 4.69) is 17.2 Å². The number of thiazole rings is 1. The zero-order chi connectivity index (χ0) is 20.6. The van der Waals surface area contributed by atoms with E-state index in [0.717, 1.165) is 22.6 Å². The standard InChI is InChI=1S/C22H21ClN2O3S/c1-2-15-6-8-17(9-7-15)21-25-19(14-29-21)22(27)28-13-20(26)24-11-10-16-4-3-5-18(23)12-16/h3-9,12,14H,2,10-11,13H2,1H3,(H,24,26). The number of halogens is 1. The van der Waals surface area contributed by atoms with Gasteiger partial charge in [0.15, 0.2) is 12.3 Å². The molecule has 0 saturated heterocycles. The number of carbonyl (C=O) groups excluding carboxylic acids is 2. The van der Waals surface area contributed by atoms with Crippen molar-refractivity contribution in [3.8, 4) is 10.6 Å². The van der Waals surface area contributed by atoms with Gasteiger partial charge in [0.2, 0.25) is 0 Å².